The molecule has 0 unspecified atom stereocenters. The minimum atomic E-state index is -1.61. The van der Waals surface area contributed by atoms with E-state index >= 15 is 0 Å². The number of nitrogens with two attached hydrogens (primary N) is 1. The molecule has 0 saturated carbocycles. The monoisotopic (exact) mass is 153 g/mol. The van der Waals surface area contributed by atoms with E-state index in [4.69, 9.17) is 28.9 Å². The number of hydrogen-bond donors (Lipinski definition) is 1. The number of hydrogen-bond acceptors (Lipinski definition) is 1. The second-order valence-electron chi connectivity index (χ2n) is 1.19. The molecule has 2 N–H and O–H groups in total. The zero-order chi connectivity index (χ0) is 6.78. The molecule has 4 heteroatoms. The van der Waals surface area contributed by atoms with Gasteiger partial charge in [0.25, 0.3) is 5.91 Å². The molecule has 0 bridgehead atoms. The molecule has 0 fully saturated rings. The SMILES string of the molecule is C=CC(Cl)(Cl)C(N)=O. The van der Waals surface area contributed by atoms with Gasteiger partial charge in [-0.2, -0.15) is 0 Å². The van der Waals surface area contributed by atoms with Gasteiger partial charge < -0.3 is 5.73 Å². The van der Waals surface area contributed by atoms with Crippen molar-refractivity contribution in [3.8, 4) is 0 Å². The molecule has 0 aromatic carbocycles. The van der Waals surface area contributed by atoms with Crippen molar-refractivity contribution in [3.63, 3.8) is 0 Å². The molecule has 0 heterocycles. The lowest BCUT2D eigenvalue weighted by Gasteiger charge is -2.06. The Bertz CT molecular complexity index is 121. The molecule has 0 radical (unpaired) electrons. The molecule has 0 saturated heterocycles. The molecule has 1 amide bonds. The van der Waals surface area contributed by atoms with Crippen LogP contribution in [-0.2, 0) is 4.79 Å². The first-order valence-electron chi connectivity index (χ1n) is 1.82. The molecule has 0 aromatic heterocycles. The summed E-state index contributed by atoms with van der Waals surface area (Å²) in [5.74, 6) is -0.809. The number of rotatable bonds is 2. The van der Waals surface area contributed by atoms with Gasteiger partial charge in [0.05, 0.1) is 0 Å². The van der Waals surface area contributed by atoms with Gasteiger partial charge >= 0.3 is 0 Å². The van der Waals surface area contributed by atoms with E-state index in [1.807, 2.05) is 0 Å². The standard InChI is InChI=1S/C4H5Cl2NO/c1-2-4(5,6)3(7)8/h2H,1H2,(H2,7,8). The first-order valence-corrected chi connectivity index (χ1v) is 2.57. The Hall–Kier alpha value is -0.210. The molecule has 0 rings (SSSR count). The van der Waals surface area contributed by atoms with E-state index in [9.17, 15) is 4.79 Å². The van der Waals surface area contributed by atoms with Crippen LogP contribution in [-0.4, -0.2) is 10.2 Å². The minimum Gasteiger partial charge on any atom is -0.367 e. The van der Waals surface area contributed by atoms with Crippen molar-refractivity contribution in [1.29, 1.82) is 0 Å². The van der Waals surface area contributed by atoms with Crippen molar-refractivity contribution in [2.75, 3.05) is 0 Å². The van der Waals surface area contributed by atoms with Crippen LogP contribution in [0.25, 0.3) is 0 Å². The van der Waals surface area contributed by atoms with Crippen LogP contribution in [0.5, 0.6) is 0 Å². The predicted molar refractivity (Wildman–Crippen MR) is 33.8 cm³/mol. The number of halogens is 2. The lowest BCUT2D eigenvalue weighted by atomic mass is 10.4. The van der Waals surface area contributed by atoms with Crippen molar-refractivity contribution < 1.29 is 4.79 Å². The Morgan fingerprint density at radius 2 is 2.12 bits per heavy atom. The normalized spacial score (nSPS) is 10.8. The second kappa shape index (κ2) is 2.37. The highest BCUT2D eigenvalue weighted by Gasteiger charge is 2.26. The summed E-state index contributed by atoms with van der Waals surface area (Å²) in [4.78, 5) is 10.1. The number of primary amides is 1. The van der Waals surface area contributed by atoms with Crippen LogP contribution in [0.2, 0.25) is 0 Å². The summed E-state index contributed by atoms with van der Waals surface area (Å²) in [6.45, 7) is 3.19. The third-order valence-electron chi connectivity index (χ3n) is 0.585. The number of amides is 1. The van der Waals surface area contributed by atoms with Crippen molar-refractivity contribution in [3.05, 3.63) is 12.7 Å². The number of alkyl halides is 2. The zero-order valence-corrected chi connectivity index (χ0v) is 5.54. The summed E-state index contributed by atoms with van der Waals surface area (Å²) >= 11 is 10.5. The number of carbonyl (C=O) groups excluding carboxylic acids is 1. The topological polar surface area (TPSA) is 43.1 Å². The van der Waals surface area contributed by atoms with Crippen molar-refractivity contribution in [1.82, 2.24) is 0 Å². The zero-order valence-electron chi connectivity index (χ0n) is 4.03. The van der Waals surface area contributed by atoms with E-state index in [0.717, 1.165) is 6.08 Å². The van der Waals surface area contributed by atoms with E-state index in [1.54, 1.807) is 0 Å². The van der Waals surface area contributed by atoms with Crippen molar-refractivity contribution in [2.45, 2.75) is 4.33 Å². The van der Waals surface area contributed by atoms with Gasteiger partial charge in [-0.15, -0.1) is 0 Å². The lowest BCUT2D eigenvalue weighted by Crippen LogP contribution is -2.30. The van der Waals surface area contributed by atoms with Gasteiger partial charge in [0.15, 0.2) is 0 Å². The van der Waals surface area contributed by atoms with Gasteiger partial charge in [-0.05, 0) is 6.08 Å². The maximum Gasteiger partial charge on any atom is 0.257 e. The molecule has 0 aliphatic heterocycles. The fourth-order valence-electron chi connectivity index (χ4n) is 0.101. The van der Waals surface area contributed by atoms with Crippen LogP contribution in [0.1, 0.15) is 0 Å². The van der Waals surface area contributed by atoms with Gasteiger partial charge in [-0.25, -0.2) is 0 Å². The molecular weight excluding hydrogens is 149 g/mol. The average molecular weight is 154 g/mol. The Morgan fingerprint density at radius 1 is 1.75 bits per heavy atom. The molecule has 0 aliphatic carbocycles. The third kappa shape index (κ3) is 1.72. The Labute approximate surface area is 57.3 Å². The van der Waals surface area contributed by atoms with E-state index < -0.39 is 10.2 Å². The smallest absolute Gasteiger partial charge is 0.257 e. The quantitative estimate of drug-likeness (QED) is 0.464. The first kappa shape index (κ1) is 7.79. The van der Waals surface area contributed by atoms with E-state index in [-0.39, 0.29) is 0 Å². The van der Waals surface area contributed by atoms with Crippen LogP contribution in [0, 0.1) is 0 Å². The predicted octanol–water partition coefficient (Wildman–Crippen LogP) is 0.832. The lowest BCUT2D eigenvalue weighted by molar-refractivity contribution is -0.117. The minimum absolute atomic E-state index is 0.809. The highest BCUT2D eigenvalue weighted by Crippen LogP contribution is 2.20. The molecule has 8 heavy (non-hydrogen) atoms. The third-order valence-corrected chi connectivity index (χ3v) is 1.27. The van der Waals surface area contributed by atoms with E-state index in [0.29, 0.717) is 0 Å². The summed E-state index contributed by atoms with van der Waals surface area (Å²) in [6.07, 6.45) is 1.07. The largest absolute Gasteiger partial charge is 0.367 e. The van der Waals surface area contributed by atoms with Crippen LogP contribution in [0.4, 0.5) is 0 Å². The summed E-state index contributed by atoms with van der Waals surface area (Å²) < 4.78 is -1.61. The fraction of sp³-hybridized carbons (Fsp3) is 0.250. The van der Waals surface area contributed by atoms with Crippen LogP contribution >= 0.6 is 23.2 Å². The van der Waals surface area contributed by atoms with Crippen LogP contribution in [0.15, 0.2) is 12.7 Å². The van der Waals surface area contributed by atoms with Gasteiger partial charge in [0.2, 0.25) is 4.33 Å². The van der Waals surface area contributed by atoms with Crippen LogP contribution < -0.4 is 5.73 Å². The summed E-state index contributed by atoms with van der Waals surface area (Å²) in [5, 5.41) is 0. The molecule has 0 atom stereocenters. The van der Waals surface area contributed by atoms with Gasteiger partial charge in [0.1, 0.15) is 0 Å². The molecule has 0 spiro atoms. The molecule has 2 nitrogen and oxygen atoms in total. The van der Waals surface area contributed by atoms with Gasteiger partial charge in [-0.3, -0.25) is 4.79 Å². The molecule has 0 aliphatic rings. The van der Waals surface area contributed by atoms with Crippen molar-refractivity contribution >= 4 is 29.1 Å². The highest BCUT2D eigenvalue weighted by molar-refractivity contribution is 6.59. The van der Waals surface area contributed by atoms with Gasteiger partial charge in [0, 0.05) is 0 Å². The Morgan fingerprint density at radius 3 is 2.12 bits per heavy atom. The van der Waals surface area contributed by atoms with E-state index in [2.05, 4.69) is 6.58 Å². The number of carbonyl (C=O) groups is 1. The second-order valence-corrected chi connectivity index (χ2v) is 2.58. The first-order chi connectivity index (χ1) is 3.50. The summed E-state index contributed by atoms with van der Waals surface area (Å²) in [7, 11) is 0. The molecular formula is C4H5Cl2NO. The Balaban J connectivity index is 4.12. The van der Waals surface area contributed by atoms with E-state index in [1.165, 1.54) is 0 Å². The van der Waals surface area contributed by atoms with Crippen LogP contribution in [0.3, 0.4) is 0 Å². The maximum absolute atomic E-state index is 10.1. The Kier molecular flexibility index (Phi) is 2.31. The highest BCUT2D eigenvalue weighted by atomic mass is 35.5. The average Bonchev–Trinajstić information content (AvgIpc) is 1.67. The summed E-state index contributed by atoms with van der Waals surface area (Å²) in [6, 6.07) is 0. The molecule has 46 valence electrons. The van der Waals surface area contributed by atoms with Gasteiger partial charge in [-0.1, -0.05) is 29.8 Å². The fourth-order valence-corrected chi connectivity index (χ4v) is 0.101. The van der Waals surface area contributed by atoms with Crippen molar-refractivity contribution in [2.24, 2.45) is 5.73 Å². The molecule has 0 aromatic rings. The maximum atomic E-state index is 10.1. The summed E-state index contributed by atoms with van der Waals surface area (Å²) in [5.41, 5.74) is 4.71.